The van der Waals surface area contributed by atoms with Crippen LogP contribution in [0.3, 0.4) is 0 Å². The number of hydrogen-bond donors (Lipinski definition) is 2. The normalized spacial score (nSPS) is 15.3. The maximum absolute atomic E-state index is 5.66. The standard InChI is InChI=1S/C23H40N4O2.HI/c1-3-28-16-17-29-20-22-11-8-10-21(18-22)19-26-23(24-2)25-12-9-15-27-13-6-4-5-7-14-27;/h8,10-11,18H,3-7,9,12-17,19-20H2,1-2H3,(H2,24,25,26);1H. The highest BCUT2D eigenvalue weighted by molar-refractivity contribution is 14.0. The molecule has 0 aromatic heterocycles. The van der Waals surface area contributed by atoms with Gasteiger partial charge in [0.2, 0.25) is 0 Å². The summed E-state index contributed by atoms with van der Waals surface area (Å²) >= 11 is 0. The van der Waals surface area contributed by atoms with Gasteiger partial charge in [0.05, 0.1) is 19.8 Å². The van der Waals surface area contributed by atoms with Gasteiger partial charge in [-0.3, -0.25) is 4.99 Å². The van der Waals surface area contributed by atoms with E-state index >= 15 is 0 Å². The fourth-order valence-electron chi connectivity index (χ4n) is 3.56. The summed E-state index contributed by atoms with van der Waals surface area (Å²) in [6.45, 7) is 10.0. The van der Waals surface area contributed by atoms with Crippen LogP contribution < -0.4 is 10.6 Å². The summed E-state index contributed by atoms with van der Waals surface area (Å²) in [5.74, 6) is 0.860. The van der Waals surface area contributed by atoms with Crippen molar-refractivity contribution >= 4 is 29.9 Å². The first-order valence-electron chi connectivity index (χ1n) is 11.2. The molecular formula is C23H41IN4O2. The maximum atomic E-state index is 5.66. The Morgan fingerprint density at radius 3 is 2.50 bits per heavy atom. The molecule has 0 saturated carbocycles. The summed E-state index contributed by atoms with van der Waals surface area (Å²) in [5.41, 5.74) is 2.41. The second-order valence-electron chi connectivity index (χ2n) is 7.53. The number of rotatable bonds is 12. The molecule has 1 saturated heterocycles. The van der Waals surface area contributed by atoms with E-state index in [1.54, 1.807) is 0 Å². The Labute approximate surface area is 200 Å². The Morgan fingerprint density at radius 1 is 1.03 bits per heavy atom. The molecule has 1 heterocycles. The number of halogens is 1. The fraction of sp³-hybridized carbons (Fsp3) is 0.696. The van der Waals surface area contributed by atoms with Gasteiger partial charge in [0.15, 0.2) is 5.96 Å². The number of likely N-dealkylation sites (tertiary alicyclic amines) is 1. The molecule has 0 unspecified atom stereocenters. The third-order valence-electron chi connectivity index (χ3n) is 5.16. The molecule has 0 atom stereocenters. The van der Waals surface area contributed by atoms with Gasteiger partial charge in [-0.2, -0.15) is 0 Å². The van der Waals surface area contributed by atoms with Crippen molar-refractivity contribution in [2.75, 3.05) is 53.0 Å². The largest absolute Gasteiger partial charge is 0.379 e. The van der Waals surface area contributed by atoms with Crippen LogP contribution in [0.2, 0.25) is 0 Å². The van der Waals surface area contributed by atoms with Gasteiger partial charge >= 0.3 is 0 Å². The second kappa shape index (κ2) is 17.7. The Bertz CT molecular complexity index is 578. The summed E-state index contributed by atoms with van der Waals surface area (Å²) in [7, 11) is 1.83. The molecule has 6 nitrogen and oxygen atoms in total. The number of nitrogens with zero attached hydrogens (tertiary/aromatic N) is 2. The van der Waals surface area contributed by atoms with Crippen LogP contribution in [-0.4, -0.2) is 63.9 Å². The molecule has 1 fully saturated rings. The molecule has 1 aromatic rings. The zero-order valence-electron chi connectivity index (χ0n) is 18.8. The van der Waals surface area contributed by atoms with Crippen molar-refractivity contribution < 1.29 is 9.47 Å². The molecule has 0 amide bonds. The first-order chi connectivity index (χ1) is 14.3. The molecule has 30 heavy (non-hydrogen) atoms. The van der Waals surface area contributed by atoms with Crippen LogP contribution in [-0.2, 0) is 22.6 Å². The average Bonchev–Trinajstić information content (AvgIpc) is 3.02. The van der Waals surface area contributed by atoms with Crippen molar-refractivity contribution in [1.29, 1.82) is 0 Å². The van der Waals surface area contributed by atoms with E-state index in [0.717, 1.165) is 32.1 Å². The number of ether oxygens (including phenoxy) is 2. The van der Waals surface area contributed by atoms with Crippen LogP contribution in [0.1, 0.15) is 50.2 Å². The molecule has 1 aliphatic heterocycles. The lowest BCUT2D eigenvalue weighted by molar-refractivity contribution is 0.0453. The van der Waals surface area contributed by atoms with Crippen molar-refractivity contribution in [3.63, 3.8) is 0 Å². The molecule has 1 aromatic carbocycles. The van der Waals surface area contributed by atoms with Gasteiger partial charge in [0, 0.05) is 26.7 Å². The molecule has 0 radical (unpaired) electrons. The first kappa shape index (κ1) is 27.1. The van der Waals surface area contributed by atoms with Crippen LogP contribution >= 0.6 is 24.0 Å². The van der Waals surface area contributed by atoms with Gasteiger partial charge in [-0.25, -0.2) is 0 Å². The molecule has 0 aliphatic carbocycles. The Morgan fingerprint density at radius 2 is 1.77 bits per heavy atom. The second-order valence-corrected chi connectivity index (χ2v) is 7.53. The van der Waals surface area contributed by atoms with Crippen LogP contribution in [0.15, 0.2) is 29.3 Å². The minimum atomic E-state index is 0. The summed E-state index contributed by atoms with van der Waals surface area (Å²) in [6, 6.07) is 8.49. The van der Waals surface area contributed by atoms with E-state index in [1.165, 1.54) is 56.4 Å². The SMILES string of the molecule is CCOCCOCc1cccc(CNC(=NC)NCCCN2CCCCCC2)c1.I. The summed E-state index contributed by atoms with van der Waals surface area (Å²) in [5, 5.41) is 6.85. The van der Waals surface area contributed by atoms with E-state index in [2.05, 4.69) is 44.8 Å². The quantitative estimate of drug-likeness (QED) is 0.186. The van der Waals surface area contributed by atoms with Gasteiger partial charge in [0.25, 0.3) is 0 Å². The minimum Gasteiger partial charge on any atom is -0.379 e. The third-order valence-corrected chi connectivity index (χ3v) is 5.16. The third kappa shape index (κ3) is 12.1. The number of hydrogen-bond acceptors (Lipinski definition) is 4. The van der Waals surface area contributed by atoms with Crippen molar-refractivity contribution in [2.45, 2.75) is 52.2 Å². The van der Waals surface area contributed by atoms with E-state index in [-0.39, 0.29) is 24.0 Å². The predicted molar refractivity (Wildman–Crippen MR) is 136 cm³/mol. The van der Waals surface area contributed by atoms with Gasteiger partial charge in [0.1, 0.15) is 0 Å². The zero-order chi connectivity index (χ0) is 20.6. The van der Waals surface area contributed by atoms with Crippen molar-refractivity contribution in [2.24, 2.45) is 4.99 Å². The molecule has 2 rings (SSSR count). The molecule has 172 valence electrons. The van der Waals surface area contributed by atoms with Crippen molar-refractivity contribution in [3.05, 3.63) is 35.4 Å². The van der Waals surface area contributed by atoms with E-state index in [9.17, 15) is 0 Å². The predicted octanol–water partition coefficient (Wildman–Crippen LogP) is 3.79. The summed E-state index contributed by atoms with van der Waals surface area (Å²) in [4.78, 5) is 6.95. The molecule has 2 N–H and O–H groups in total. The minimum absolute atomic E-state index is 0. The smallest absolute Gasteiger partial charge is 0.191 e. The van der Waals surface area contributed by atoms with E-state index in [0.29, 0.717) is 19.8 Å². The van der Waals surface area contributed by atoms with Crippen LogP contribution in [0.4, 0.5) is 0 Å². The zero-order valence-corrected chi connectivity index (χ0v) is 21.2. The lowest BCUT2D eigenvalue weighted by Gasteiger charge is -2.20. The van der Waals surface area contributed by atoms with Gasteiger partial charge in [-0.15, -0.1) is 24.0 Å². The molecular weight excluding hydrogens is 491 g/mol. The number of aliphatic imine (C=N–C) groups is 1. The fourth-order valence-corrected chi connectivity index (χ4v) is 3.56. The Hall–Kier alpha value is -0.900. The van der Waals surface area contributed by atoms with Crippen LogP contribution in [0, 0.1) is 0 Å². The average molecular weight is 533 g/mol. The summed E-state index contributed by atoms with van der Waals surface area (Å²) < 4.78 is 11.0. The highest BCUT2D eigenvalue weighted by atomic mass is 127. The van der Waals surface area contributed by atoms with Crippen LogP contribution in [0.25, 0.3) is 0 Å². The van der Waals surface area contributed by atoms with E-state index in [4.69, 9.17) is 9.47 Å². The molecule has 0 spiro atoms. The number of nitrogens with one attached hydrogen (secondary N) is 2. The van der Waals surface area contributed by atoms with E-state index in [1.807, 2.05) is 14.0 Å². The highest BCUT2D eigenvalue weighted by Crippen LogP contribution is 2.09. The van der Waals surface area contributed by atoms with Gasteiger partial charge in [-0.05, 0) is 56.9 Å². The Balaban J connectivity index is 0.00000450. The van der Waals surface area contributed by atoms with Crippen molar-refractivity contribution in [1.82, 2.24) is 15.5 Å². The number of benzene rings is 1. The van der Waals surface area contributed by atoms with Crippen LogP contribution in [0.5, 0.6) is 0 Å². The molecule has 7 heteroatoms. The van der Waals surface area contributed by atoms with Gasteiger partial charge < -0.3 is 25.0 Å². The van der Waals surface area contributed by atoms with Crippen molar-refractivity contribution in [3.8, 4) is 0 Å². The molecule has 0 bridgehead atoms. The first-order valence-corrected chi connectivity index (χ1v) is 11.2. The molecule has 1 aliphatic rings. The lowest BCUT2D eigenvalue weighted by atomic mass is 10.1. The van der Waals surface area contributed by atoms with Gasteiger partial charge in [-0.1, -0.05) is 37.1 Å². The maximum Gasteiger partial charge on any atom is 0.191 e. The summed E-state index contributed by atoms with van der Waals surface area (Å²) in [6.07, 6.45) is 6.65. The highest BCUT2D eigenvalue weighted by Gasteiger charge is 2.08. The lowest BCUT2D eigenvalue weighted by Crippen LogP contribution is -2.38. The topological polar surface area (TPSA) is 58.1 Å². The number of guanidine groups is 1. The Kier molecular flexibility index (Phi) is 16.1. The monoisotopic (exact) mass is 532 g/mol. The van der Waals surface area contributed by atoms with E-state index < -0.39 is 0 Å².